The molecule has 2 aromatic rings. The van der Waals surface area contributed by atoms with Gasteiger partial charge in [-0.3, -0.25) is 9.59 Å². The molecule has 7 heteroatoms. The van der Waals surface area contributed by atoms with Gasteiger partial charge in [-0.2, -0.15) is 0 Å². The molecule has 0 aromatic heterocycles. The predicted octanol–water partition coefficient (Wildman–Crippen LogP) is 3.97. The number of carbonyl (C=O) groups excluding carboxylic acids is 2. The number of amides is 1. The highest BCUT2D eigenvalue weighted by atomic mass is 35.5. The Labute approximate surface area is 157 Å². The fourth-order valence-electron chi connectivity index (χ4n) is 2.41. The van der Waals surface area contributed by atoms with Gasteiger partial charge in [0, 0.05) is 41.2 Å². The summed E-state index contributed by atoms with van der Waals surface area (Å²) < 4.78 is 15.7. The molecule has 0 aliphatic heterocycles. The highest BCUT2D eigenvalue weighted by molar-refractivity contribution is 6.31. The van der Waals surface area contributed by atoms with E-state index < -0.39 is 0 Å². The number of ketones is 1. The molecular weight excluding hydrogens is 358 g/mol. The lowest BCUT2D eigenvalue weighted by atomic mass is 10.1. The summed E-state index contributed by atoms with van der Waals surface area (Å²) in [5.41, 5.74) is 0.970. The monoisotopic (exact) mass is 377 g/mol. The number of halogens is 1. The summed E-state index contributed by atoms with van der Waals surface area (Å²) in [5.74, 6) is 0.848. The number of carbonyl (C=O) groups is 2. The van der Waals surface area contributed by atoms with Crippen LogP contribution in [0.5, 0.6) is 17.2 Å². The Kier molecular flexibility index (Phi) is 6.86. The van der Waals surface area contributed by atoms with E-state index in [1.165, 1.54) is 21.3 Å². The largest absolute Gasteiger partial charge is 0.493 e. The summed E-state index contributed by atoms with van der Waals surface area (Å²) in [5, 5.41) is 3.21. The van der Waals surface area contributed by atoms with Crippen molar-refractivity contribution in [3.8, 4) is 17.2 Å². The molecule has 6 nitrogen and oxygen atoms in total. The second-order valence-corrected chi connectivity index (χ2v) is 5.83. The zero-order valence-corrected chi connectivity index (χ0v) is 15.6. The normalized spacial score (nSPS) is 10.2. The molecule has 0 aliphatic rings. The van der Waals surface area contributed by atoms with Crippen molar-refractivity contribution in [2.75, 3.05) is 26.6 Å². The maximum Gasteiger partial charge on any atom is 0.224 e. The van der Waals surface area contributed by atoms with Gasteiger partial charge in [0.1, 0.15) is 0 Å². The SMILES string of the molecule is COc1cc(NC(=O)CCC(=O)c2cccc(Cl)c2)cc(OC)c1OC. The molecule has 0 atom stereocenters. The standard InChI is InChI=1S/C19H20ClNO5/c1-24-16-10-14(11-17(25-2)19(16)26-3)21-18(23)8-7-15(22)12-5-4-6-13(20)9-12/h4-6,9-11H,7-8H2,1-3H3,(H,21,23). The summed E-state index contributed by atoms with van der Waals surface area (Å²) in [6, 6.07) is 9.89. The van der Waals surface area contributed by atoms with Crippen LogP contribution in [0.3, 0.4) is 0 Å². The summed E-state index contributed by atoms with van der Waals surface area (Å²) in [6.07, 6.45) is 0.124. The highest BCUT2D eigenvalue weighted by Crippen LogP contribution is 2.39. The third-order valence-electron chi connectivity index (χ3n) is 3.67. The van der Waals surface area contributed by atoms with E-state index in [0.717, 1.165) is 0 Å². The quantitative estimate of drug-likeness (QED) is 0.704. The van der Waals surface area contributed by atoms with E-state index in [2.05, 4.69) is 5.32 Å². The summed E-state index contributed by atoms with van der Waals surface area (Å²) in [4.78, 5) is 24.3. The second-order valence-electron chi connectivity index (χ2n) is 5.40. The maximum atomic E-state index is 12.2. The van der Waals surface area contributed by atoms with Gasteiger partial charge in [-0.15, -0.1) is 0 Å². The Morgan fingerprint density at radius 1 is 0.962 bits per heavy atom. The van der Waals surface area contributed by atoms with E-state index in [9.17, 15) is 9.59 Å². The highest BCUT2D eigenvalue weighted by Gasteiger charge is 2.15. The molecule has 0 radical (unpaired) electrons. The Bertz CT molecular complexity index is 781. The third-order valence-corrected chi connectivity index (χ3v) is 3.91. The molecule has 1 amide bonds. The number of Topliss-reactive ketones (excluding diaryl/α,β-unsaturated/α-hetero) is 1. The van der Waals surface area contributed by atoms with Crippen LogP contribution in [0.2, 0.25) is 5.02 Å². The van der Waals surface area contributed by atoms with Crippen molar-refractivity contribution in [1.29, 1.82) is 0 Å². The number of methoxy groups -OCH3 is 3. The first kappa shape index (κ1) is 19.6. The van der Waals surface area contributed by atoms with Crippen molar-refractivity contribution in [3.05, 3.63) is 47.0 Å². The van der Waals surface area contributed by atoms with Gasteiger partial charge in [0.25, 0.3) is 0 Å². The predicted molar refractivity (Wildman–Crippen MR) is 99.7 cm³/mol. The van der Waals surface area contributed by atoms with Crippen molar-refractivity contribution < 1.29 is 23.8 Å². The van der Waals surface area contributed by atoms with Gasteiger partial charge in [-0.25, -0.2) is 0 Å². The van der Waals surface area contributed by atoms with E-state index in [4.69, 9.17) is 25.8 Å². The molecule has 0 aliphatic carbocycles. The average Bonchev–Trinajstić information content (AvgIpc) is 2.65. The second kappa shape index (κ2) is 9.10. The van der Waals surface area contributed by atoms with Gasteiger partial charge in [0.05, 0.1) is 21.3 Å². The number of hydrogen-bond acceptors (Lipinski definition) is 5. The molecule has 0 saturated heterocycles. The van der Waals surface area contributed by atoms with Crippen molar-refractivity contribution in [2.45, 2.75) is 12.8 Å². The molecule has 0 saturated carbocycles. The van der Waals surface area contributed by atoms with Gasteiger partial charge in [-0.1, -0.05) is 23.7 Å². The van der Waals surface area contributed by atoms with Gasteiger partial charge in [0.2, 0.25) is 11.7 Å². The van der Waals surface area contributed by atoms with Crippen molar-refractivity contribution in [1.82, 2.24) is 0 Å². The van der Waals surface area contributed by atoms with E-state index in [-0.39, 0.29) is 24.5 Å². The van der Waals surface area contributed by atoms with Crippen molar-refractivity contribution in [3.63, 3.8) is 0 Å². The number of ether oxygens (including phenoxy) is 3. The first-order chi connectivity index (χ1) is 12.5. The molecule has 0 spiro atoms. The minimum atomic E-state index is -0.297. The van der Waals surface area contributed by atoms with Crippen LogP contribution >= 0.6 is 11.6 Å². The maximum absolute atomic E-state index is 12.2. The minimum absolute atomic E-state index is 0.0437. The third kappa shape index (κ3) is 4.89. The van der Waals surface area contributed by atoms with Crippen LogP contribution in [-0.4, -0.2) is 33.0 Å². The number of anilines is 1. The zero-order chi connectivity index (χ0) is 19.1. The molecule has 1 N–H and O–H groups in total. The molecule has 138 valence electrons. The molecule has 0 heterocycles. The van der Waals surface area contributed by atoms with Crippen LogP contribution in [0.15, 0.2) is 36.4 Å². The molecule has 0 bridgehead atoms. The van der Waals surface area contributed by atoms with E-state index in [1.54, 1.807) is 36.4 Å². The number of rotatable bonds is 8. The fraction of sp³-hybridized carbons (Fsp3) is 0.263. The summed E-state index contributed by atoms with van der Waals surface area (Å²) in [6.45, 7) is 0. The number of hydrogen-bond donors (Lipinski definition) is 1. The van der Waals surface area contributed by atoms with Crippen molar-refractivity contribution >= 4 is 29.0 Å². The first-order valence-corrected chi connectivity index (χ1v) is 8.25. The van der Waals surface area contributed by atoms with Gasteiger partial charge in [-0.05, 0) is 12.1 Å². The van der Waals surface area contributed by atoms with Gasteiger partial charge in [0.15, 0.2) is 17.3 Å². The van der Waals surface area contributed by atoms with Crippen LogP contribution in [-0.2, 0) is 4.79 Å². The molecule has 0 unspecified atom stereocenters. The van der Waals surface area contributed by atoms with E-state index >= 15 is 0 Å². The number of nitrogens with one attached hydrogen (secondary N) is 1. The molecule has 0 fully saturated rings. The van der Waals surface area contributed by atoms with Crippen LogP contribution < -0.4 is 19.5 Å². The number of benzene rings is 2. The fourth-order valence-corrected chi connectivity index (χ4v) is 2.60. The molecule has 2 rings (SSSR count). The average molecular weight is 378 g/mol. The summed E-state index contributed by atoms with van der Waals surface area (Å²) >= 11 is 5.88. The lowest BCUT2D eigenvalue weighted by molar-refractivity contribution is -0.116. The lowest BCUT2D eigenvalue weighted by Gasteiger charge is -2.14. The molecule has 26 heavy (non-hydrogen) atoms. The zero-order valence-electron chi connectivity index (χ0n) is 14.8. The topological polar surface area (TPSA) is 73.9 Å². The van der Waals surface area contributed by atoms with Gasteiger partial charge < -0.3 is 19.5 Å². The first-order valence-electron chi connectivity index (χ1n) is 7.87. The van der Waals surface area contributed by atoms with E-state index in [1.807, 2.05) is 0 Å². The van der Waals surface area contributed by atoms with Crippen LogP contribution in [0.25, 0.3) is 0 Å². The van der Waals surface area contributed by atoms with Crippen LogP contribution in [0, 0.1) is 0 Å². The minimum Gasteiger partial charge on any atom is -0.493 e. The Morgan fingerprint density at radius 3 is 2.15 bits per heavy atom. The van der Waals surface area contributed by atoms with Crippen molar-refractivity contribution in [2.24, 2.45) is 0 Å². The Balaban J connectivity index is 2.02. The Morgan fingerprint density at radius 2 is 1.62 bits per heavy atom. The smallest absolute Gasteiger partial charge is 0.224 e. The summed E-state index contributed by atoms with van der Waals surface area (Å²) in [7, 11) is 4.49. The van der Waals surface area contributed by atoms with Gasteiger partial charge >= 0.3 is 0 Å². The Hall–Kier alpha value is -2.73. The lowest BCUT2D eigenvalue weighted by Crippen LogP contribution is -2.14. The van der Waals surface area contributed by atoms with Crippen LogP contribution in [0.1, 0.15) is 23.2 Å². The molecule has 2 aromatic carbocycles. The van der Waals surface area contributed by atoms with E-state index in [0.29, 0.717) is 33.5 Å². The molecular formula is C19H20ClNO5. The van der Waals surface area contributed by atoms with Crippen LogP contribution in [0.4, 0.5) is 5.69 Å².